The molecule has 1 fully saturated rings. The third-order valence-electron chi connectivity index (χ3n) is 3.79. The highest BCUT2D eigenvalue weighted by Gasteiger charge is 2.39. The van der Waals surface area contributed by atoms with Crippen molar-refractivity contribution in [3.8, 4) is 0 Å². The first-order chi connectivity index (χ1) is 8.09. The van der Waals surface area contributed by atoms with E-state index in [-0.39, 0.29) is 11.8 Å². The topological polar surface area (TPSA) is 57.6 Å². The van der Waals surface area contributed by atoms with Crippen LogP contribution in [0, 0.1) is 11.8 Å². The lowest BCUT2D eigenvalue weighted by atomic mass is 9.94. The van der Waals surface area contributed by atoms with Crippen LogP contribution in [-0.2, 0) is 9.59 Å². The lowest BCUT2D eigenvalue weighted by molar-refractivity contribution is -0.149. The second-order valence-electron chi connectivity index (χ2n) is 5.08. The fraction of sp³-hybridized carbons (Fsp3) is 0.692. The quantitative estimate of drug-likeness (QED) is 0.743. The average Bonchev–Trinajstić information content (AvgIpc) is 2.77. The second-order valence-corrected chi connectivity index (χ2v) is 5.08. The van der Waals surface area contributed by atoms with E-state index in [1.807, 2.05) is 11.8 Å². The van der Waals surface area contributed by atoms with Gasteiger partial charge >= 0.3 is 5.97 Å². The van der Waals surface area contributed by atoms with Gasteiger partial charge in [0.15, 0.2) is 0 Å². The first-order valence-corrected chi connectivity index (χ1v) is 6.27. The number of nitrogens with zero attached hydrogens (tertiary/aromatic N) is 1. The molecule has 2 atom stereocenters. The largest absolute Gasteiger partial charge is 0.481 e. The number of carbonyl (C=O) groups excluding carboxylic acids is 1. The Hall–Kier alpha value is -1.32. The van der Waals surface area contributed by atoms with Crippen LogP contribution in [0.2, 0.25) is 0 Å². The predicted molar refractivity (Wildman–Crippen MR) is 63.4 cm³/mol. The molecule has 0 aromatic rings. The Labute approximate surface area is 101 Å². The van der Waals surface area contributed by atoms with Gasteiger partial charge in [-0.1, -0.05) is 18.1 Å². The highest BCUT2D eigenvalue weighted by Crippen LogP contribution is 2.33. The molecule has 2 rings (SSSR count). The summed E-state index contributed by atoms with van der Waals surface area (Å²) in [5.74, 6) is -1.53. The number of rotatable bonds is 2. The summed E-state index contributed by atoms with van der Waals surface area (Å²) in [5.41, 5.74) is 1.20. The summed E-state index contributed by atoms with van der Waals surface area (Å²) in [4.78, 5) is 25.2. The van der Waals surface area contributed by atoms with Gasteiger partial charge in [0.25, 0.3) is 0 Å². The molecular formula is C13H19NO3. The van der Waals surface area contributed by atoms with Crippen LogP contribution in [0.15, 0.2) is 11.6 Å². The van der Waals surface area contributed by atoms with Gasteiger partial charge in [0, 0.05) is 13.1 Å². The summed E-state index contributed by atoms with van der Waals surface area (Å²) in [6.07, 6.45) is 5.27. The zero-order valence-electron chi connectivity index (χ0n) is 10.2. The summed E-state index contributed by atoms with van der Waals surface area (Å²) in [7, 11) is 0. The average molecular weight is 237 g/mol. The molecule has 17 heavy (non-hydrogen) atoms. The van der Waals surface area contributed by atoms with Crippen LogP contribution in [0.1, 0.15) is 32.6 Å². The fourth-order valence-corrected chi connectivity index (χ4v) is 2.89. The van der Waals surface area contributed by atoms with Gasteiger partial charge in [-0.05, 0) is 26.2 Å². The van der Waals surface area contributed by atoms with Crippen molar-refractivity contribution in [1.82, 2.24) is 4.90 Å². The molecule has 1 N–H and O–H groups in total. The summed E-state index contributed by atoms with van der Waals surface area (Å²) >= 11 is 0. The summed E-state index contributed by atoms with van der Waals surface area (Å²) < 4.78 is 0. The van der Waals surface area contributed by atoms with Gasteiger partial charge in [-0.3, -0.25) is 9.59 Å². The van der Waals surface area contributed by atoms with Crippen molar-refractivity contribution in [2.45, 2.75) is 32.6 Å². The maximum Gasteiger partial charge on any atom is 0.307 e. The lowest BCUT2D eigenvalue weighted by Gasteiger charge is -2.29. The molecule has 0 aromatic heterocycles. The molecule has 0 unspecified atom stereocenters. The van der Waals surface area contributed by atoms with Gasteiger partial charge in [0.2, 0.25) is 5.91 Å². The van der Waals surface area contributed by atoms with Crippen molar-refractivity contribution >= 4 is 11.9 Å². The molecule has 1 aliphatic heterocycles. The zero-order valence-corrected chi connectivity index (χ0v) is 10.2. The van der Waals surface area contributed by atoms with Crippen molar-refractivity contribution < 1.29 is 14.7 Å². The van der Waals surface area contributed by atoms with Gasteiger partial charge in [-0.2, -0.15) is 0 Å². The van der Waals surface area contributed by atoms with Crippen LogP contribution in [0.3, 0.4) is 0 Å². The summed E-state index contributed by atoms with van der Waals surface area (Å²) in [6, 6.07) is 0. The van der Waals surface area contributed by atoms with Gasteiger partial charge in [0.1, 0.15) is 0 Å². The van der Waals surface area contributed by atoms with Crippen LogP contribution < -0.4 is 0 Å². The van der Waals surface area contributed by atoms with E-state index in [2.05, 4.69) is 6.08 Å². The van der Waals surface area contributed by atoms with E-state index >= 15 is 0 Å². The molecule has 1 aliphatic carbocycles. The number of hydrogen-bond acceptors (Lipinski definition) is 2. The minimum atomic E-state index is -0.815. The molecule has 1 amide bonds. The molecule has 4 nitrogen and oxygen atoms in total. The van der Waals surface area contributed by atoms with Crippen LogP contribution in [0.4, 0.5) is 0 Å². The van der Waals surface area contributed by atoms with Crippen LogP contribution in [0.5, 0.6) is 0 Å². The van der Waals surface area contributed by atoms with Crippen LogP contribution in [-0.4, -0.2) is 35.0 Å². The Morgan fingerprint density at radius 1 is 1.35 bits per heavy atom. The Kier molecular flexibility index (Phi) is 3.50. The first-order valence-electron chi connectivity index (χ1n) is 6.27. The van der Waals surface area contributed by atoms with Crippen molar-refractivity contribution in [1.29, 1.82) is 0 Å². The maximum atomic E-state index is 12.3. The molecule has 1 heterocycles. The maximum absolute atomic E-state index is 12.3. The first kappa shape index (κ1) is 12.1. The van der Waals surface area contributed by atoms with Crippen molar-refractivity contribution in [2.24, 2.45) is 11.8 Å². The Morgan fingerprint density at radius 2 is 2.06 bits per heavy atom. The molecule has 0 saturated heterocycles. The van der Waals surface area contributed by atoms with Gasteiger partial charge < -0.3 is 10.0 Å². The predicted octanol–water partition coefficient (Wildman–Crippen LogP) is 1.67. The molecule has 0 spiro atoms. The van der Waals surface area contributed by atoms with Gasteiger partial charge in [0.05, 0.1) is 11.8 Å². The number of amides is 1. The zero-order chi connectivity index (χ0) is 12.4. The monoisotopic (exact) mass is 237 g/mol. The minimum absolute atomic E-state index is 0.0438. The molecule has 0 bridgehead atoms. The van der Waals surface area contributed by atoms with E-state index in [1.165, 1.54) is 5.57 Å². The Morgan fingerprint density at radius 3 is 2.71 bits per heavy atom. The number of hydrogen-bond donors (Lipinski definition) is 1. The standard InChI is InChI=1S/C13H19NO3/c1-9-4-3-7-14(8-9)12(15)10-5-2-6-11(10)13(16)17/h4,10-11H,2-3,5-8H2,1H3,(H,16,17)/t10-,11+/m1/s1. The van der Waals surface area contributed by atoms with E-state index in [0.717, 1.165) is 25.8 Å². The highest BCUT2D eigenvalue weighted by atomic mass is 16.4. The molecular weight excluding hydrogens is 218 g/mol. The molecule has 1 saturated carbocycles. The van der Waals surface area contributed by atoms with Gasteiger partial charge in [-0.25, -0.2) is 0 Å². The number of aliphatic carboxylic acids is 1. The van der Waals surface area contributed by atoms with Crippen LogP contribution in [0.25, 0.3) is 0 Å². The molecule has 0 radical (unpaired) electrons. The van der Waals surface area contributed by atoms with E-state index in [4.69, 9.17) is 5.11 Å². The molecule has 2 aliphatic rings. The van der Waals surface area contributed by atoms with E-state index in [0.29, 0.717) is 13.0 Å². The third kappa shape index (κ3) is 2.51. The second kappa shape index (κ2) is 4.90. The molecule has 4 heteroatoms. The number of carbonyl (C=O) groups is 2. The lowest BCUT2D eigenvalue weighted by Crippen LogP contribution is -2.41. The Bertz CT molecular complexity index is 362. The van der Waals surface area contributed by atoms with E-state index in [9.17, 15) is 9.59 Å². The normalized spacial score (nSPS) is 29.0. The van der Waals surface area contributed by atoms with Crippen molar-refractivity contribution in [2.75, 3.05) is 13.1 Å². The van der Waals surface area contributed by atoms with Crippen molar-refractivity contribution in [3.05, 3.63) is 11.6 Å². The molecule has 94 valence electrons. The summed E-state index contributed by atoms with van der Waals surface area (Å²) in [5, 5.41) is 9.10. The Balaban J connectivity index is 2.04. The smallest absolute Gasteiger partial charge is 0.307 e. The number of carboxylic acid groups (broad SMARTS) is 1. The van der Waals surface area contributed by atoms with Crippen molar-refractivity contribution in [3.63, 3.8) is 0 Å². The van der Waals surface area contributed by atoms with E-state index in [1.54, 1.807) is 0 Å². The van der Waals surface area contributed by atoms with E-state index < -0.39 is 11.9 Å². The van der Waals surface area contributed by atoms with Gasteiger partial charge in [-0.15, -0.1) is 0 Å². The minimum Gasteiger partial charge on any atom is -0.481 e. The SMILES string of the molecule is CC1=CCCN(C(=O)[C@@H]2CCC[C@@H]2C(=O)O)C1. The number of carboxylic acids is 1. The fourth-order valence-electron chi connectivity index (χ4n) is 2.89. The third-order valence-corrected chi connectivity index (χ3v) is 3.79. The summed E-state index contributed by atoms with van der Waals surface area (Å²) in [6.45, 7) is 3.42. The highest BCUT2D eigenvalue weighted by molar-refractivity contribution is 5.85. The van der Waals surface area contributed by atoms with Crippen LogP contribution >= 0.6 is 0 Å². The molecule has 0 aromatic carbocycles.